The zero-order valence-corrected chi connectivity index (χ0v) is 14.5. The van der Waals surface area contributed by atoms with Gasteiger partial charge in [0.2, 0.25) is 0 Å². The molecular weight excluding hydrogens is 356 g/mol. The Morgan fingerprint density at radius 3 is 2.70 bits per heavy atom. The first kappa shape index (κ1) is 18.6. The summed E-state index contributed by atoms with van der Waals surface area (Å²) in [6.45, 7) is -0.0954. The highest BCUT2D eigenvalue weighted by Gasteiger charge is 2.18. The normalized spacial score (nSPS) is 12.0. The molecule has 0 radical (unpaired) electrons. The van der Waals surface area contributed by atoms with E-state index in [1.54, 1.807) is 31.3 Å². The van der Waals surface area contributed by atoms with Crippen molar-refractivity contribution in [3.8, 4) is 0 Å². The largest absolute Gasteiger partial charge is 0.386 e. The Morgan fingerprint density at radius 1 is 1.22 bits per heavy atom. The van der Waals surface area contributed by atoms with Crippen LogP contribution in [0.1, 0.15) is 27.8 Å². The first-order valence-electron chi connectivity index (χ1n) is 8.14. The maximum Gasteiger partial charge on any atom is 0.254 e. The highest BCUT2D eigenvalue weighted by atomic mass is 19.1. The van der Waals surface area contributed by atoms with Gasteiger partial charge < -0.3 is 10.0 Å². The Kier molecular flexibility index (Phi) is 5.51. The quantitative estimate of drug-likeness (QED) is 0.714. The number of benzene rings is 2. The van der Waals surface area contributed by atoms with Gasteiger partial charge >= 0.3 is 0 Å². The van der Waals surface area contributed by atoms with Crippen LogP contribution in [0.4, 0.5) is 8.78 Å². The van der Waals surface area contributed by atoms with Gasteiger partial charge in [-0.05, 0) is 35.5 Å². The highest BCUT2D eigenvalue weighted by Crippen LogP contribution is 2.19. The van der Waals surface area contributed by atoms with Gasteiger partial charge in [-0.3, -0.25) is 4.79 Å². The molecule has 0 spiro atoms. The third-order valence-electron chi connectivity index (χ3n) is 3.89. The van der Waals surface area contributed by atoms with E-state index in [9.17, 15) is 18.7 Å². The van der Waals surface area contributed by atoms with Crippen LogP contribution in [0.3, 0.4) is 0 Å². The van der Waals surface area contributed by atoms with Crippen molar-refractivity contribution in [3.05, 3.63) is 77.1 Å². The summed E-state index contributed by atoms with van der Waals surface area (Å²) in [5.74, 6) is -1.32. The van der Waals surface area contributed by atoms with Crippen LogP contribution in [-0.2, 0) is 13.1 Å². The smallest absolute Gasteiger partial charge is 0.254 e. The van der Waals surface area contributed by atoms with E-state index in [0.29, 0.717) is 5.56 Å². The van der Waals surface area contributed by atoms with E-state index in [1.807, 2.05) is 6.07 Å². The number of nitrogens with zero attached hydrogens (tertiary/aromatic N) is 5. The molecule has 1 N–H and O–H groups in total. The number of amides is 1. The SMILES string of the molecule is CN(Cc1nnn(CC(O)c2cc(F)ccc2F)n1)C(=O)c1ccccc1. The van der Waals surface area contributed by atoms with Crippen molar-refractivity contribution in [1.29, 1.82) is 0 Å². The molecule has 0 fully saturated rings. The van der Waals surface area contributed by atoms with Crippen molar-refractivity contribution in [2.24, 2.45) is 0 Å². The standard InChI is InChI=1S/C18H17F2N5O2/c1-24(18(27)12-5-3-2-4-6-12)11-17-21-23-25(22-17)10-16(26)14-9-13(19)7-8-15(14)20/h2-9,16,26H,10-11H2,1H3. The average molecular weight is 373 g/mol. The van der Waals surface area contributed by atoms with Gasteiger partial charge in [-0.1, -0.05) is 18.2 Å². The average Bonchev–Trinajstić information content (AvgIpc) is 3.10. The summed E-state index contributed by atoms with van der Waals surface area (Å²) < 4.78 is 27.0. The lowest BCUT2D eigenvalue weighted by Crippen LogP contribution is -2.26. The van der Waals surface area contributed by atoms with E-state index in [2.05, 4.69) is 15.4 Å². The van der Waals surface area contributed by atoms with E-state index in [0.717, 1.165) is 23.0 Å². The number of rotatable bonds is 6. The van der Waals surface area contributed by atoms with Gasteiger partial charge in [-0.2, -0.15) is 4.80 Å². The van der Waals surface area contributed by atoms with Crippen LogP contribution in [0.25, 0.3) is 0 Å². The van der Waals surface area contributed by atoms with Gasteiger partial charge in [-0.25, -0.2) is 8.78 Å². The Morgan fingerprint density at radius 2 is 1.96 bits per heavy atom. The van der Waals surface area contributed by atoms with Crippen molar-refractivity contribution in [2.45, 2.75) is 19.2 Å². The first-order chi connectivity index (χ1) is 12.9. The maximum absolute atomic E-state index is 13.7. The minimum atomic E-state index is -1.34. The fourth-order valence-corrected chi connectivity index (χ4v) is 2.53. The second-order valence-corrected chi connectivity index (χ2v) is 5.97. The Hall–Kier alpha value is -3.20. The molecule has 1 amide bonds. The second-order valence-electron chi connectivity index (χ2n) is 5.97. The maximum atomic E-state index is 13.7. The van der Waals surface area contributed by atoms with Crippen molar-refractivity contribution < 1.29 is 18.7 Å². The number of aliphatic hydroxyl groups is 1. The van der Waals surface area contributed by atoms with Crippen LogP contribution in [0.15, 0.2) is 48.5 Å². The van der Waals surface area contributed by atoms with Crippen LogP contribution in [-0.4, -0.2) is 43.2 Å². The molecule has 0 aliphatic carbocycles. The summed E-state index contributed by atoms with van der Waals surface area (Å²) in [6.07, 6.45) is -1.34. The van der Waals surface area contributed by atoms with Crippen molar-refractivity contribution in [1.82, 2.24) is 25.1 Å². The van der Waals surface area contributed by atoms with Gasteiger partial charge in [0.15, 0.2) is 5.82 Å². The van der Waals surface area contributed by atoms with Crippen LogP contribution in [0, 0.1) is 11.6 Å². The number of hydrogen-bond donors (Lipinski definition) is 1. The van der Waals surface area contributed by atoms with Gasteiger partial charge in [0.25, 0.3) is 5.91 Å². The lowest BCUT2D eigenvalue weighted by atomic mass is 10.1. The third kappa shape index (κ3) is 4.50. The third-order valence-corrected chi connectivity index (χ3v) is 3.89. The molecule has 1 heterocycles. The Labute approximate surface area is 153 Å². The van der Waals surface area contributed by atoms with E-state index in [-0.39, 0.29) is 30.4 Å². The summed E-state index contributed by atoms with van der Waals surface area (Å²) in [5.41, 5.74) is 0.342. The monoisotopic (exact) mass is 373 g/mol. The number of hydrogen-bond acceptors (Lipinski definition) is 5. The summed E-state index contributed by atoms with van der Waals surface area (Å²) in [6, 6.07) is 11.6. The van der Waals surface area contributed by atoms with E-state index < -0.39 is 17.7 Å². The molecule has 0 aliphatic heterocycles. The fourth-order valence-electron chi connectivity index (χ4n) is 2.53. The van der Waals surface area contributed by atoms with Gasteiger partial charge in [0.1, 0.15) is 17.7 Å². The number of carbonyl (C=O) groups excluding carboxylic acids is 1. The molecule has 7 nitrogen and oxygen atoms in total. The van der Waals surface area contributed by atoms with E-state index in [4.69, 9.17) is 0 Å². The molecular formula is C18H17F2N5O2. The molecule has 1 aromatic heterocycles. The van der Waals surface area contributed by atoms with Gasteiger partial charge in [0.05, 0.1) is 13.1 Å². The molecule has 3 aromatic rings. The van der Waals surface area contributed by atoms with E-state index in [1.165, 1.54) is 4.90 Å². The van der Waals surface area contributed by atoms with Crippen LogP contribution >= 0.6 is 0 Å². The Bertz CT molecular complexity index is 933. The number of carbonyl (C=O) groups is 1. The van der Waals surface area contributed by atoms with Crippen LogP contribution in [0.5, 0.6) is 0 Å². The predicted octanol–water partition coefficient (Wildman–Crippen LogP) is 1.96. The molecule has 0 saturated heterocycles. The molecule has 27 heavy (non-hydrogen) atoms. The second kappa shape index (κ2) is 8.00. The summed E-state index contributed by atoms with van der Waals surface area (Å²) >= 11 is 0. The summed E-state index contributed by atoms with van der Waals surface area (Å²) in [7, 11) is 1.60. The molecule has 9 heteroatoms. The van der Waals surface area contributed by atoms with Crippen LogP contribution in [0.2, 0.25) is 0 Å². The fraction of sp³-hybridized carbons (Fsp3) is 0.222. The molecule has 0 saturated carbocycles. The van der Waals surface area contributed by atoms with Gasteiger partial charge in [-0.15, -0.1) is 10.2 Å². The number of aliphatic hydroxyl groups excluding tert-OH is 1. The lowest BCUT2D eigenvalue weighted by Gasteiger charge is -2.14. The molecule has 2 aromatic carbocycles. The highest BCUT2D eigenvalue weighted by molar-refractivity contribution is 5.93. The predicted molar refractivity (Wildman–Crippen MR) is 91.4 cm³/mol. The molecule has 140 valence electrons. The molecule has 3 rings (SSSR count). The zero-order chi connectivity index (χ0) is 19.4. The van der Waals surface area contributed by atoms with Crippen molar-refractivity contribution in [3.63, 3.8) is 0 Å². The number of tetrazole rings is 1. The topological polar surface area (TPSA) is 84.1 Å². The minimum absolute atomic E-state index is 0.109. The summed E-state index contributed by atoms with van der Waals surface area (Å²) in [4.78, 5) is 14.8. The minimum Gasteiger partial charge on any atom is -0.386 e. The van der Waals surface area contributed by atoms with Crippen molar-refractivity contribution >= 4 is 5.91 Å². The first-order valence-corrected chi connectivity index (χ1v) is 8.14. The summed E-state index contributed by atoms with van der Waals surface area (Å²) in [5, 5.41) is 21.8. The lowest BCUT2D eigenvalue weighted by molar-refractivity contribution is 0.0781. The number of aromatic nitrogens is 4. The molecule has 0 bridgehead atoms. The van der Waals surface area contributed by atoms with Crippen molar-refractivity contribution in [2.75, 3.05) is 7.05 Å². The molecule has 1 atom stereocenters. The van der Waals surface area contributed by atoms with E-state index >= 15 is 0 Å². The Balaban J connectivity index is 1.64. The molecule has 1 unspecified atom stereocenters. The zero-order valence-electron chi connectivity index (χ0n) is 14.5. The molecule has 0 aliphatic rings. The number of halogens is 2. The van der Waals surface area contributed by atoms with Gasteiger partial charge in [0, 0.05) is 18.2 Å². The van der Waals surface area contributed by atoms with Crippen LogP contribution < -0.4 is 0 Å².